The van der Waals surface area contributed by atoms with E-state index in [2.05, 4.69) is 69.5 Å². The Morgan fingerprint density at radius 2 is 1.53 bits per heavy atom. The normalized spacial score (nSPS) is 28.2. The molecule has 4 bridgehead atoms. The van der Waals surface area contributed by atoms with Gasteiger partial charge in [-0.15, -0.1) is 5.10 Å². The Labute approximate surface area is 326 Å². The first-order valence-electron chi connectivity index (χ1n) is 19.6. The predicted octanol–water partition coefficient (Wildman–Crippen LogP) is 8.17. The number of hydrogen-bond donors (Lipinski definition) is 3. The van der Waals surface area contributed by atoms with Crippen LogP contribution < -0.4 is 10.6 Å². The van der Waals surface area contributed by atoms with Gasteiger partial charge in [-0.25, -0.2) is 4.79 Å². The number of para-hydroxylation sites is 1. The molecule has 10 rings (SSSR count). The number of rotatable bonds is 11. The Morgan fingerprint density at radius 3 is 2.24 bits per heavy atom. The van der Waals surface area contributed by atoms with E-state index in [0.29, 0.717) is 17.5 Å². The largest absolute Gasteiger partial charge is 0.392 e. The highest BCUT2D eigenvalue weighted by Crippen LogP contribution is 2.55. The van der Waals surface area contributed by atoms with Crippen molar-refractivity contribution in [2.75, 3.05) is 5.75 Å². The number of hydrogen-bond acceptors (Lipinski definition) is 8. The lowest BCUT2D eigenvalue weighted by Crippen LogP contribution is -2.61. The highest BCUT2D eigenvalue weighted by Gasteiger charge is 2.51. The quantitative estimate of drug-likeness (QED) is 0.115. The van der Waals surface area contributed by atoms with Crippen molar-refractivity contribution in [2.45, 2.75) is 87.8 Å². The third kappa shape index (κ3) is 7.67. The Kier molecular flexibility index (Phi) is 10.2. The second kappa shape index (κ2) is 15.5. The maximum absolute atomic E-state index is 13.3. The molecular formula is C44H48N6O4S. The summed E-state index contributed by atoms with van der Waals surface area (Å²) in [6.45, 7) is 2.60. The number of amides is 2. The van der Waals surface area contributed by atoms with Crippen molar-refractivity contribution >= 4 is 17.8 Å². The van der Waals surface area contributed by atoms with Gasteiger partial charge in [0.05, 0.1) is 24.5 Å². The van der Waals surface area contributed by atoms with Crippen molar-refractivity contribution < 1.29 is 19.4 Å². The van der Waals surface area contributed by atoms with Crippen molar-refractivity contribution in [2.24, 2.45) is 23.7 Å². The molecule has 1 aliphatic heterocycles. The molecule has 5 aliphatic rings. The summed E-state index contributed by atoms with van der Waals surface area (Å²) >= 11 is 1.56. The van der Waals surface area contributed by atoms with Gasteiger partial charge in [0, 0.05) is 29.3 Å². The van der Waals surface area contributed by atoms with Crippen LogP contribution in [-0.4, -0.2) is 48.7 Å². The lowest BCUT2D eigenvalue weighted by atomic mass is 9.53. The topological polar surface area (TPSA) is 123 Å². The van der Waals surface area contributed by atoms with Gasteiger partial charge in [0.2, 0.25) is 5.16 Å². The summed E-state index contributed by atoms with van der Waals surface area (Å²) in [5.74, 6) is 2.98. The summed E-state index contributed by atoms with van der Waals surface area (Å²) in [5.41, 5.74) is 6.89. The van der Waals surface area contributed by atoms with Crippen molar-refractivity contribution in [1.82, 2.24) is 30.8 Å². The molecule has 10 nitrogen and oxygen atoms in total. The first-order valence-corrected chi connectivity index (χ1v) is 20.6. The molecule has 0 spiro atoms. The van der Waals surface area contributed by atoms with E-state index in [-0.39, 0.29) is 36.3 Å². The Morgan fingerprint density at radius 1 is 0.855 bits per heavy atom. The number of nitrogens with zero attached hydrogens (tertiary/aromatic N) is 4. The molecule has 1 aromatic heterocycles. The van der Waals surface area contributed by atoms with Gasteiger partial charge in [-0.2, -0.15) is 4.68 Å². The number of aliphatic hydroxyl groups is 1. The second-order valence-corrected chi connectivity index (χ2v) is 17.1. The number of urea groups is 1. The van der Waals surface area contributed by atoms with E-state index in [4.69, 9.17) is 9.47 Å². The summed E-state index contributed by atoms with van der Waals surface area (Å²) in [5, 5.41) is 29.5. The fraction of sp³-hybridized carbons (Fsp3) is 0.409. The molecule has 11 heteroatoms. The van der Waals surface area contributed by atoms with E-state index >= 15 is 0 Å². The van der Waals surface area contributed by atoms with E-state index in [1.807, 2.05) is 66.7 Å². The average molecular weight is 757 g/mol. The third-order valence-corrected chi connectivity index (χ3v) is 13.3. The van der Waals surface area contributed by atoms with E-state index in [1.165, 1.54) is 19.3 Å². The molecule has 2 amide bonds. The van der Waals surface area contributed by atoms with Crippen LogP contribution in [0.4, 0.5) is 4.79 Å². The molecule has 0 radical (unpaired) electrons. The van der Waals surface area contributed by atoms with E-state index in [9.17, 15) is 9.90 Å². The average Bonchev–Trinajstić information content (AvgIpc) is 3.68. The molecule has 1 saturated heterocycles. The molecule has 2 heterocycles. The molecule has 4 aromatic carbocycles. The van der Waals surface area contributed by atoms with Crippen LogP contribution in [0.25, 0.3) is 16.8 Å². The second-order valence-electron chi connectivity index (χ2n) is 16.1. The van der Waals surface area contributed by atoms with Gasteiger partial charge in [-0.1, -0.05) is 110 Å². The number of carbonyl (C=O) groups is 1. The standard InChI is InChI=1S/C44H48N6O4S/c1-28-39(27-55-43-47-48-49-50(43)37-8-3-2-4-9-37)53-41(54-40(28)34-13-11-29(26-51)12-14-34)35-17-15-33(16-18-35)38-10-6-5-7-36(38)25-45-42(52)46-44-22-30-19-31(23-44)21-32(20-30)24-44/h2-18,28,30-32,39-41,51H,19-27H2,1H3,(H2,45,46,52). The Bertz CT molecular complexity index is 2060. The zero-order valence-electron chi connectivity index (χ0n) is 31.1. The zero-order chi connectivity index (χ0) is 37.4. The Hall–Kier alpha value is -4.55. The maximum atomic E-state index is 13.3. The smallest absolute Gasteiger partial charge is 0.315 e. The monoisotopic (exact) mass is 756 g/mol. The van der Waals surface area contributed by atoms with Gasteiger partial charge < -0.3 is 25.2 Å². The number of aliphatic hydroxyl groups excluding tert-OH is 1. The number of carbonyl (C=O) groups excluding carboxylic acids is 1. The highest BCUT2D eigenvalue weighted by molar-refractivity contribution is 7.99. The summed E-state index contributed by atoms with van der Waals surface area (Å²) in [6.07, 6.45) is 6.43. The lowest BCUT2D eigenvalue weighted by molar-refractivity contribution is -0.268. The minimum Gasteiger partial charge on any atom is -0.392 e. The van der Waals surface area contributed by atoms with Crippen LogP contribution in [0.3, 0.4) is 0 Å². The number of aromatic nitrogens is 4. The van der Waals surface area contributed by atoms with Gasteiger partial charge in [0.1, 0.15) is 0 Å². The molecule has 5 aromatic rings. The fourth-order valence-corrected chi connectivity index (χ4v) is 11.0. The van der Waals surface area contributed by atoms with Gasteiger partial charge in [-0.3, -0.25) is 0 Å². The zero-order valence-corrected chi connectivity index (χ0v) is 31.9. The van der Waals surface area contributed by atoms with Gasteiger partial charge >= 0.3 is 6.03 Å². The lowest BCUT2D eigenvalue weighted by Gasteiger charge is -2.56. The first-order chi connectivity index (χ1) is 26.9. The van der Waals surface area contributed by atoms with Gasteiger partial charge in [-0.05, 0) is 107 Å². The van der Waals surface area contributed by atoms with Crippen molar-refractivity contribution in [3.05, 3.63) is 125 Å². The molecule has 4 atom stereocenters. The number of tetrazole rings is 1. The number of thioether (sulfide) groups is 1. The molecule has 5 fully saturated rings. The van der Waals surface area contributed by atoms with Crippen molar-refractivity contribution in [3.8, 4) is 16.8 Å². The maximum Gasteiger partial charge on any atom is 0.315 e. The molecule has 55 heavy (non-hydrogen) atoms. The van der Waals surface area contributed by atoms with Crippen LogP contribution in [0.5, 0.6) is 0 Å². The molecule has 284 valence electrons. The van der Waals surface area contributed by atoms with Crippen LogP contribution in [0, 0.1) is 23.7 Å². The first kappa shape index (κ1) is 36.1. The van der Waals surface area contributed by atoms with Crippen LogP contribution in [0.1, 0.15) is 80.1 Å². The molecule has 4 aliphatic carbocycles. The number of nitrogens with one attached hydrogen (secondary N) is 2. The third-order valence-electron chi connectivity index (χ3n) is 12.3. The number of benzene rings is 4. The van der Waals surface area contributed by atoms with Gasteiger partial charge in [0.15, 0.2) is 6.29 Å². The van der Waals surface area contributed by atoms with E-state index in [0.717, 1.165) is 76.1 Å². The predicted molar refractivity (Wildman–Crippen MR) is 211 cm³/mol. The van der Waals surface area contributed by atoms with Crippen LogP contribution >= 0.6 is 11.8 Å². The van der Waals surface area contributed by atoms with Crippen LogP contribution in [0.15, 0.2) is 108 Å². The summed E-state index contributed by atoms with van der Waals surface area (Å²) < 4.78 is 15.2. The van der Waals surface area contributed by atoms with Crippen LogP contribution in [0.2, 0.25) is 0 Å². The summed E-state index contributed by atoms with van der Waals surface area (Å²) in [6, 6.07) is 34.4. The van der Waals surface area contributed by atoms with Crippen LogP contribution in [-0.2, 0) is 22.6 Å². The SMILES string of the molecule is CC1C(CSc2nnnn2-c2ccccc2)OC(c2ccc(-c3ccccc3CNC(=O)NC34CC5CC(CC(C5)C3)C4)cc2)OC1c1ccc(CO)cc1. The highest BCUT2D eigenvalue weighted by atomic mass is 32.2. The summed E-state index contributed by atoms with van der Waals surface area (Å²) in [4.78, 5) is 13.3. The molecule has 4 saturated carbocycles. The minimum atomic E-state index is -0.603. The fourth-order valence-electron chi connectivity index (χ4n) is 9.97. The van der Waals surface area contributed by atoms with Crippen molar-refractivity contribution in [1.29, 1.82) is 0 Å². The summed E-state index contributed by atoms with van der Waals surface area (Å²) in [7, 11) is 0. The van der Waals surface area contributed by atoms with Crippen molar-refractivity contribution in [3.63, 3.8) is 0 Å². The molecule has 4 unspecified atom stereocenters. The minimum absolute atomic E-state index is 0.0108. The molecule has 3 N–H and O–H groups in total. The number of ether oxygens (including phenoxy) is 2. The van der Waals surface area contributed by atoms with Gasteiger partial charge in [0.25, 0.3) is 0 Å². The Balaban J connectivity index is 0.903. The van der Waals surface area contributed by atoms with E-state index in [1.54, 1.807) is 16.4 Å². The molecular weight excluding hydrogens is 709 g/mol. The van der Waals surface area contributed by atoms with E-state index < -0.39 is 6.29 Å².